The summed E-state index contributed by atoms with van der Waals surface area (Å²) in [5.74, 6) is -0.321. The van der Waals surface area contributed by atoms with Crippen LogP contribution >= 0.6 is 15.9 Å². The summed E-state index contributed by atoms with van der Waals surface area (Å²) < 4.78 is 3.23. The van der Waals surface area contributed by atoms with Crippen LogP contribution in [0, 0.1) is 0 Å². The Hall–Kier alpha value is -2.41. The third-order valence-electron chi connectivity index (χ3n) is 3.59. The molecule has 1 amide bonds. The maximum atomic E-state index is 12.0. The third-order valence-corrected chi connectivity index (χ3v) is 4.09. The molecule has 0 aliphatic rings. The summed E-state index contributed by atoms with van der Waals surface area (Å²) in [6.07, 6.45) is 4.10. The van der Waals surface area contributed by atoms with Gasteiger partial charge in [-0.1, -0.05) is 28.1 Å². The van der Waals surface area contributed by atoms with E-state index in [1.165, 1.54) is 30.0 Å². The molecular weight excluding hydrogens is 374 g/mol. The lowest BCUT2D eigenvalue weighted by Crippen LogP contribution is -2.37. The van der Waals surface area contributed by atoms with Gasteiger partial charge in [-0.05, 0) is 30.7 Å². The quantitative estimate of drug-likeness (QED) is 0.806. The zero-order valence-corrected chi connectivity index (χ0v) is 15.2. The Morgan fingerprint density at radius 1 is 1.29 bits per heavy atom. The van der Waals surface area contributed by atoms with Gasteiger partial charge < -0.3 is 9.88 Å². The van der Waals surface area contributed by atoms with Crippen molar-refractivity contribution in [1.29, 1.82) is 0 Å². The number of carbonyl (C=O) groups is 1. The largest absolute Gasteiger partial charge is 0.346 e. The predicted octanol–water partition coefficient (Wildman–Crippen LogP) is 1.74. The average Bonchev–Trinajstić information content (AvgIpc) is 2.55. The minimum atomic E-state index is -0.442. The Morgan fingerprint density at radius 3 is 2.67 bits per heavy atom. The third kappa shape index (κ3) is 4.11. The van der Waals surface area contributed by atoms with Gasteiger partial charge in [-0.2, -0.15) is 0 Å². The van der Waals surface area contributed by atoms with Gasteiger partial charge in [0.1, 0.15) is 0 Å². The highest BCUT2D eigenvalue weighted by Gasteiger charge is 2.09. The smallest absolute Gasteiger partial charge is 0.330 e. The van der Waals surface area contributed by atoms with Crippen LogP contribution in [0.25, 0.3) is 6.08 Å². The van der Waals surface area contributed by atoms with Crippen molar-refractivity contribution in [1.82, 2.24) is 14.5 Å². The van der Waals surface area contributed by atoms with Gasteiger partial charge in [0.25, 0.3) is 5.56 Å². The number of hydrogen-bond donors (Lipinski definition) is 1. The molecule has 1 heterocycles. The number of amides is 1. The van der Waals surface area contributed by atoms with Gasteiger partial charge in [-0.15, -0.1) is 0 Å². The minimum Gasteiger partial charge on any atom is -0.346 e. The molecule has 0 fully saturated rings. The first-order chi connectivity index (χ1) is 11.3. The molecule has 6 nitrogen and oxygen atoms in total. The molecular formula is C17H18BrN3O3. The molecule has 126 valence electrons. The van der Waals surface area contributed by atoms with Crippen LogP contribution in [0.4, 0.5) is 0 Å². The van der Waals surface area contributed by atoms with E-state index in [0.717, 1.165) is 14.6 Å². The molecule has 2 aromatic rings. The highest BCUT2D eigenvalue weighted by atomic mass is 79.9. The molecule has 0 aliphatic heterocycles. The summed E-state index contributed by atoms with van der Waals surface area (Å²) in [6, 6.07) is 7.47. The highest BCUT2D eigenvalue weighted by Crippen LogP contribution is 2.17. The molecule has 1 atom stereocenters. The Labute approximate surface area is 147 Å². The lowest BCUT2D eigenvalue weighted by atomic mass is 10.1. The number of nitrogens with zero attached hydrogens (tertiary/aromatic N) is 2. The molecule has 0 spiro atoms. The van der Waals surface area contributed by atoms with E-state index >= 15 is 0 Å². The van der Waals surface area contributed by atoms with Gasteiger partial charge in [0.15, 0.2) is 0 Å². The second kappa shape index (κ2) is 7.44. The Kier molecular flexibility index (Phi) is 5.56. The number of aromatic nitrogens is 2. The van der Waals surface area contributed by atoms with Crippen LogP contribution in [0.2, 0.25) is 0 Å². The van der Waals surface area contributed by atoms with Crippen LogP contribution in [0.3, 0.4) is 0 Å². The maximum Gasteiger partial charge on any atom is 0.330 e. The van der Waals surface area contributed by atoms with E-state index in [1.807, 2.05) is 31.2 Å². The number of hydrogen-bond acceptors (Lipinski definition) is 3. The Bertz CT molecular complexity index is 912. The van der Waals surface area contributed by atoms with E-state index in [1.54, 1.807) is 7.05 Å². The van der Waals surface area contributed by atoms with Crippen LogP contribution < -0.4 is 16.6 Å². The summed E-state index contributed by atoms with van der Waals surface area (Å²) in [6.45, 7) is 1.87. The number of benzene rings is 1. The van der Waals surface area contributed by atoms with Crippen molar-refractivity contribution in [2.45, 2.75) is 13.0 Å². The summed E-state index contributed by atoms with van der Waals surface area (Å²) in [5, 5.41) is 2.83. The van der Waals surface area contributed by atoms with Gasteiger partial charge in [0.05, 0.1) is 11.6 Å². The van der Waals surface area contributed by atoms with Crippen molar-refractivity contribution in [2.75, 3.05) is 0 Å². The summed E-state index contributed by atoms with van der Waals surface area (Å²) >= 11 is 3.39. The van der Waals surface area contributed by atoms with Gasteiger partial charge in [-0.3, -0.25) is 14.2 Å². The first-order valence-corrected chi connectivity index (χ1v) is 8.09. The number of rotatable bonds is 4. The SMILES string of the molecule is CC(NC(=O)/C=C/c1cn(C)c(=O)n(C)c1=O)c1cccc(Br)c1. The lowest BCUT2D eigenvalue weighted by Gasteiger charge is -2.13. The molecule has 1 aromatic heterocycles. The van der Waals surface area contributed by atoms with Crippen LogP contribution in [-0.2, 0) is 18.9 Å². The number of aryl methyl sites for hydroxylation is 1. The maximum absolute atomic E-state index is 12.0. The molecule has 1 unspecified atom stereocenters. The number of carbonyl (C=O) groups excluding carboxylic acids is 1. The highest BCUT2D eigenvalue weighted by molar-refractivity contribution is 9.10. The van der Waals surface area contributed by atoms with Gasteiger partial charge in [0, 0.05) is 30.8 Å². The van der Waals surface area contributed by atoms with E-state index in [4.69, 9.17) is 0 Å². The van der Waals surface area contributed by atoms with Gasteiger partial charge in [-0.25, -0.2) is 4.79 Å². The molecule has 0 bridgehead atoms. The average molecular weight is 392 g/mol. The van der Waals surface area contributed by atoms with Crippen molar-refractivity contribution >= 4 is 27.9 Å². The zero-order chi connectivity index (χ0) is 17.9. The van der Waals surface area contributed by atoms with Crippen LogP contribution in [-0.4, -0.2) is 15.0 Å². The Morgan fingerprint density at radius 2 is 2.00 bits per heavy atom. The van der Waals surface area contributed by atoms with Crippen molar-refractivity contribution < 1.29 is 4.79 Å². The summed E-state index contributed by atoms with van der Waals surface area (Å²) in [5.41, 5.74) is 0.376. The normalized spacial score (nSPS) is 12.3. The monoisotopic (exact) mass is 391 g/mol. The molecule has 24 heavy (non-hydrogen) atoms. The van der Waals surface area contributed by atoms with Crippen LogP contribution in [0.15, 0.2) is 50.6 Å². The van der Waals surface area contributed by atoms with Crippen LogP contribution in [0.5, 0.6) is 0 Å². The zero-order valence-electron chi connectivity index (χ0n) is 13.6. The summed E-state index contributed by atoms with van der Waals surface area (Å²) in [4.78, 5) is 35.7. The molecule has 0 saturated carbocycles. The standard InChI is InChI=1S/C17H18BrN3O3/c1-11(12-5-4-6-14(18)9-12)19-15(22)8-7-13-10-20(2)17(24)21(3)16(13)23/h4-11H,1-3H3,(H,19,22)/b8-7+. The first-order valence-electron chi connectivity index (χ1n) is 7.30. The Balaban J connectivity index is 2.14. The fraction of sp³-hybridized carbons (Fsp3) is 0.235. The minimum absolute atomic E-state index is 0.178. The molecule has 1 N–H and O–H groups in total. The van der Waals surface area contributed by atoms with Gasteiger partial charge >= 0.3 is 5.69 Å². The first kappa shape index (κ1) is 17.9. The van der Waals surface area contributed by atoms with E-state index < -0.39 is 11.2 Å². The van der Waals surface area contributed by atoms with Crippen molar-refractivity contribution in [3.05, 3.63) is 73.0 Å². The second-order valence-corrected chi connectivity index (χ2v) is 6.38. The van der Waals surface area contributed by atoms with Crippen molar-refractivity contribution in [2.24, 2.45) is 14.1 Å². The number of halogens is 1. The van der Waals surface area contributed by atoms with Gasteiger partial charge in [0.2, 0.25) is 5.91 Å². The van der Waals surface area contributed by atoms with Crippen LogP contribution in [0.1, 0.15) is 24.1 Å². The fourth-order valence-electron chi connectivity index (χ4n) is 2.24. The fourth-order valence-corrected chi connectivity index (χ4v) is 2.65. The summed E-state index contributed by atoms with van der Waals surface area (Å²) in [7, 11) is 2.95. The molecule has 0 radical (unpaired) electrons. The lowest BCUT2D eigenvalue weighted by molar-refractivity contribution is -0.117. The van der Waals surface area contributed by atoms with E-state index in [9.17, 15) is 14.4 Å². The van der Waals surface area contributed by atoms with E-state index in [-0.39, 0.29) is 17.5 Å². The van der Waals surface area contributed by atoms with Crippen molar-refractivity contribution in [3.63, 3.8) is 0 Å². The van der Waals surface area contributed by atoms with Crippen molar-refractivity contribution in [3.8, 4) is 0 Å². The molecule has 0 aliphatic carbocycles. The second-order valence-electron chi connectivity index (χ2n) is 5.46. The predicted molar refractivity (Wildman–Crippen MR) is 96.7 cm³/mol. The molecule has 0 saturated heterocycles. The topological polar surface area (TPSA) is 73.1 Å². The van der Waals surface area contributed by atoms with E-state index in [2.05, 4.69) is 21.2 Å². The molecule has 1 aromatic carbocycles. The molecule has 2 rings (SSSR count). The molecule has 7 heteroatoms. The van der Waals surface area contributed by atoms with E-state index in [0.29, 0.717) is 0 Å². The number of nitrogens with one attached hydrogen (secondary N) is 1.